The minimum atomic E-state index is -1.04. The molecule has 17 heavy (non-hydrogen) atoms. The molecule has 0 aliphatic heterocycles. The van der Waals surface area contributed by atoms with Crippen molar-refractivity contribution in [2.45, 2.75) is 18.8 Å². The van der Waals surface area contributed by atoms with Gasteiger partial charge in [0, 0.05) is 17.0 Å². The van der Waals surface area contributed by atoms with Crippen LogP contribution in [0.3, 0.4) is 0 Å². The molecule has 0 atom stereocenters. The highest BCUT2D eigenvalue weighted by atomic mass is 19.1. The molecule has 3 rings (SSSR count). The normalized spacial score (nSPS) is 15.1. The summed E-state index contributed by atoms with van der Waals surface area (Å²) in [6, 6.07) is 5.63. The highest BCUT2D eigenvalue weighted by molar-refractivity contribution is 6.02. The Morgan fingerprint density at radius 1 is 1.35 bits per heavy atom. The van der Waals surface area contributed by atoms with E-state index in [-0.39, 0.29) is 5.56 Å². The van der Waals surface area contributed by atoms with Crippen LogP contribution >= 0.6 is 0 Å². The van der Waals surface area contributed by atoms with Gasteiger partial charge >= 0.3 is 5.97 Å². The molecule has 4 heteroatoms. The van der Waals surface area contributed by atoms with Crippen LogP contribution in [0.4, 0.5) is 4.39 Å². The van der Waals surface area contributed by atoms with E-state index < -0.39 is 11.8 Å². The highest BCUT2D eigenvalue weighted by Gasteiger charge is 2.26. The Labute approximate surface area is 96.9 Å². The second-order valence-corrected chi connectivity index (χ2v) is 4.34. The first-order chi connectivity index (χ1) is 8.15. The summed E-state index contributed by atoms with van der Waals surface area (Å²) in [7, 11) is 0. The van der Waals surface area contributed by atoms with Crippen molar-refractivity contribution in [3.63, 3.8) is 0 Å². The Morgan fingerprint density at radius 3 is 2.76 bits per heavy atom. The number of aromatic carboxylic acids is 1. The maximum absolute atomic E-state index is 13.1. The largest absolute Gasteiger partial charge is 0.478 e. The molecule has 0 bridgehead atoms. The van der Waals surface area contributed by atoms with Gasteiger partial charge in [-0.25, -0.2) is 9.18 Å². The van der Waals surface area contributed by atoms with E-state index >= 15 is 0 Å². The number of hydrogen-bond acceptors (Lipinski definition) is 2. The molecule has 1 heterocycles. The SMILES string of the molecule is O=C(O)c1cc(C2CC2)nc2ccc(F)cc12. The lowest BCUT2D eigenvalue weighted by molar-refractivity contribution is 0.0699. The maximum atomic E-state index is 13.1. The van der Waals surface area contributed by atoms with Crippen molar-refractivity contribution in [1.82, 2.24) is 4.98 Å². The summed E-state index contributed by atoms with van der Waals surface area (Å²) in [5.41, 5.74) is 1.49. The zero-order chi connectivity index (χ0) is 12.0. The minimum Gasteiger partial charge on any atom is -0.478 e. The molecule has 0 radical (unpaired) electrons. The smallest absolute Gasteiger partial charge is 0.336 e. The molecule has 0 saturated heterocycles. The fourth-order valence-electron chi connectivity index (χ4n) is 1.98. The summed E-state index contributed by atoms with van der Waals surface area (Å²) in [5, 5.41) is 9.51. The molecular formula is C13H10FNO2. The summed E-state index contributed by atoms with van der Waals surface area (Å²) in [6.45, 7) is 0. The van der Waals surface area contributed by atoms with Crippen molar-refractivity contribution < 1.29 is 14.3 Å². The third-order valence-corrected chi connectivity index (χ3v) is 3.02. The van der Waals surface area contributed by atoms with Gasteiger partial charge in [0.25, 0.3) is 0 Å². The van der Waals surface area contributed by atoms with Gasteiger partial charge in [-0.2, -0.15) is 0 Å². The van der Waals surface area contributed by atoms with Crippen LogP contribution in [0.25, 0.3) is 10.9 Å². The lowest BCUT2D eigenvalue weighted by Crippen LogP contribution is -2.01. The van der Waals surface area contributed by atoms with Crippen LogP contribution in [0.1, 0.15) is 34.8 Å². The summed E-state index contributed by atoms with van der Waals surface area (Å²) in [6.07, 6.45) is 2.11. The van der Waals surface area contributed by atoms with Crippen molar-refractivity contribution in [1.29, 1.82) is 0 Å². The number of fused-ring (bicyclic) bond motifs is 1. The minimum absolute atomic E-state index is 0.136. The fraction of sp³-hybridized carbons (Fsp3) is 0.231. The van der Waals surface area contributed by atoms with E-state index in [0.717, 1.165) is 18.5 Å². The van der Waals surface area contributed by atoms with E-state index in [0.29, 0.717) is 16.8 Å². The van der Waals surface area contributed by atoms with Gasteiger partial charge in [0.1, 0.15) is 5.82 Å². The predicted octanol–water partition coefficient (Wildman–Crippen LogP) is 2.95. The van der Waals surface area contributed by atoms with Crippen LogP contribution in [-0.4, -0.2) is 16.1 Å². The van der Waals surface area contributed by atoms with Crippen molar-refractivity contribution in [3.8, 4) is 0 Å². The Balaban J connectivity index is 2.31. The number of aromatic nitrogens is 1. The molecule has 0 amide bonds. The summed E-state index contributed by atoms with van der Waals surface area (Å²) in [5.74, 6) is -1.10. The zero-order valence-corrected chi connectivity index (χ0v) is 8.98. The fourth-order valence-corrected chi connectivity index (χ4v) is 1.98. The Hall–Kier alpha value is -1.97. The quantitative estimate of drug-likeness (QED) is 0.864. The van der Waals surface area contributed by atoms with Gasteiger partial charge < -0.3 is 5.11 Å². The second-order valence-electron chi connectivity index (χ2n) is 4.34. The molecule has 86 valence electrons. The molecule has 1 aliphatic carbocycles. The first-order valence-corrected chi connectivity index (χ1v) is 5.48. The predicted molar refractivity (Wildman–Crippen MR) is 60.6 cm³/mol. The van der Waals surface area contributed by atoms with Gasteiger partial charge in [-0.1, -0.05) is 0 Å². The lowest BCUT2D eigenvalue weighted by atomic mass is 10.1. The first kappa shape index (κ1) is 10.2. The number of pyridine rings is 1. The highest BCUT2D eigenvalue weighted by Crippen LogP contribution is 2.40. The third kappa shape index (κ3) is 1.75. The molecule has 1 aliphatic rings. The average molecular weight is 231 g/mol. The van der Waals surface area contributed by atoms with Crippen LogP contribution in [0.2, 0.25) is 0 Å². The number of carbonyl (C=O) groups is 1. The lowest BCUT2D eigenvalue weighted by Gasteiger charge is -2.06. The Bertz CT molecular complexity index is 620. The summed E-state index contributed by atoms with van der Waals surface area (Å²) < 4.78 is 13.1. The zero-order valence-electron chi connectivity index (χ0n) is 8.98. The first-order valence-electron chi connectivity index (χ1n) is 5.48. The number of halogens is 1. The molecule has 3 nitrogen and oxygen atoms in total. The van der Waals surface area contributed by atoms with Crippen LogP contribution in [0.5, 0.6) is 0 Å². The topological polar surface area (TPSA) is 50.2 Å². The molecule has 1 N–H and O–H groups in total. The molecule has 0 unspecified atom stereocenters. The third-order valence-electron chi connectivity index (χ3n) is 3.02. The van der Waals surface area contributed by atoms with Crippen LogP contribution in [0, 0.1) is 5.82 Å². The number of carboxylic acids is 1. The van der Waals surface area contributed by atoms with E-state index in [1.807, 2.05) is 0 Å². The number of nitrogens with zero attached hydrogens (tertiary/aromatic N) is 1. The van der Waals surface area contributed by atoms with Crippen LogP contribution < -0.4 is 0 Å². The molecule has 1 aromatic carbocycles. The Morgan fingerprint density at radius 2 is 2.12 bits per heavy atom. The molecule has 1 aromatic heterocycles. The Kier molecular flexibility index (Phi) is 2.11. The van der Waals surface area contributed by atoms with E-state index in [4.69, 9.17) is 5.11 Å². The van der Waals surface area contributed by atoms with Crippen molar-refractivity contribution >= 4 is 16.9 Å². The second kappa shape index (κ2) is 3.52. The number of hydrogen-bond donors (Lipinski definition) is 1. The standard InChI is InChI=1S/C13H10FNO2/c14-8-3-4-11-9(5-8)10(13(16)17)6-12(15-11)7-1-2-7/h3-7H,1-2H2,(H,16,17). The van der Waals surface area contributed by atoms with Gasteiger partial charge in [-0.05, 0) is 37.1 Å². The van der Waals surface area contributed by atoms with E-state index in [1.54, 1.807) is 6.07 Å². The van der Waals surface area contributed by atoms with Crippen LogP contribution in [0.15, 0.2) is 24.3 Å². The monoisotopic (exact) mass is 231 g/mol. The van der Waals surface area contributed by atoms with Gasteiger partial charge in [0.15, 0.2) is 0 Å². The molecular weight excluding hydrogens is 221 g/mol. The van der Waals surface area contributed by atoms with Gasteiger partial charge in [-0.3, -0.25) is 4.98 Å². The van der Waals surface area contributed by atoms with Crippen molar-refractivity contribution in [2.75, 3.05) is 0 Å². The average Bonchev–Trinajstić information content (AvgIpc) is 3.11. The van der Waals surface area contributed by atoms with E-state index in [2.05, 4.69) is 4.98 Å². The number of benzene rings is 1. The summed E-state index contributed by atoms with van der Waals surface area (Å²) >= 11 is 0. The van der Waals surface area contributed by atoms with Gasteiger partial charge in [-0.15, -0.1) is 0 Å². The molecule has 1 saturated carbocycles. The van der Waals surface area contributed by atoms with Crippen LogP contribution in [-0.2, 0) is 0 Å². The van der Waals surface area contributed by atoms with E-state index in [9.17, 15) is 9.18 Å². The molecule has 2 aromatic rings. The van der Waals surface area contributed by atoms with Gasteiger partial charge in [0.2, 0.25) is 0 Å². The van der Waals surface area contributed by atoms with Crippen molar-refractivity contribution in [3.05, 3.63) is 41.3 Å². The maximum Gasteiger partial charge on any atom is 0.336 e. The molecule has 1 fully saturated rings. The number of rotatable bonds is 2. The molecule has 0 spiro atoms. The number of carboxylic acid groups (broad SMARTS) is 1. The van der Waals surface area contributed by atoms with Crippen molar-refractivity contribution in [2.24, 2.45) is 0 Å². The summed E-state index contributed by atoms with van der Waals surface area (Å²) in [4.78, 5) is 15.6. The van der Waals surface area contributed by atoms with Gasteiger partial charge in [0.05, 0.1) is 11.1 Å². The van der Waals surface area contributed by atoms with E-state index in [1.165, 1.54) is 18.2 Å².